The van der Waals surface area contributed by atoms with Crippen LogP contribution in [0.25, 0.3) is 0 Å². The van der Waals surface area contributed by atoms with Gasteiger partial charge in [0.15, 0.2) is 0 Å². The van der Waals surface area contributed by atoms with Gasteiger partial charge >= 0.3 is 5.97 Å². The van der Waals surface area contributed by atoms with Crippen LogP contribution >= 0.6 is 23.2 Å². The van der Waals surface area contributed by atoms with Crippen molar-refractivity contribution in [2.24, 2.45) is 4.99 Å². The number of rotatable bonds is 14. The second-order valence-electron chi connectivity index (χ2n) is 7.82. The van der Waals surface area contributed by atoms with E-state index in [1.807, 2.05) is 0 Å². The molecule has 184 valence electrons. The second-order valence-corrected chi connectivity index (χ2v) is 8.64. The van der Waals surface area contributed by atoms with Crippen LogP contribution in [-0.2, 0) is 19.0 Å². The molecule has 1 aliphatic rings. The lowest BCUT2D eigenvalue weighted by atomic mass is 10.0. The van der Waals surface area contributed by atoms with E-state index in [-0.39, 0.29) is 21.7 Å². The zero-order chi connectivity index (χ0) is 24.1. The predicted octanol–water partition coefficient (Wildman–Crippen LogP) is 3.99. The molecule has 2 atom stereocenters. The molecule has 0 aromatic heterocycles. The van der Waals surface area contributed by atoms with E-state index in [1.54, 1.807) is 25.3 Å². The Morgan fingerprint density at radius 2 is 1.79 bits per heavy atom. The van der Waals surface area contributed by atoms with Crippen molar-refractivity contribution >= 4 is 41.1 Å². The fourth-order valence-electron chi connectivity index (χ4n) is 3.50. The maximum atomic E-state index is 12.6. The highest BCUT2D eigenvalue weighted by molar-refractivity contribution is 6.39. The number of amides is 1. The fraction of sp³-hybridized carbons (Fsp3) is 0.609. The average molecular weight is 502 g/mol. The molecule has 33 heavy (non-hydrogen) atoms. The molecule has 0 radical (unpaired) electrons. The Labute approximate surface area is 205 Å². The monoisotopic (exact) mass is 501 g/mol. The first-order valence-corrected chi connectivity index (χ1v) is 12.0. The molecule has 0 saturated heterocycles. The van der Waals surface area contributed by atoms with E-state index in [0.29, 0.717) is 25.6 Å². The highest BCUT2D eigenvalue weighted by Gasteiger charge is 2.24. The number of halogens is 2. The third-order valence-corrected chi connectivity index (χ3v) is 5.88. The van der Waals surface area contributed by atoms with Crippen molar-refractivity contribution < 1.29 is 23.8 Å². The highest BCUT2D eigenvalue weighted by atomic mass is 35.5. The maximum absolute atomic E-state index is 12.6. The van der Waals surface area contributed by atoms with Gasteiger partial charge in [0, 0.05) is 13.7 Å². The predicted molar refractivity (Wildman–Crippen MR) is 129 cm³/mol. The zero-order valence-electron chi connectivity index (χ0n) is 19.2. The number of methoxy groups -OCH3 is 2. The molecule has 2 rings (SSSR count). The van der Waals surface area contributed by atoms with Crippen LogP contribution in [0.4, 0.5) is 0 Å². The number of esters is 1. The third-order valence-electron chi connectivity index (χ3n) is 5.25. The number of nitrogens with zero attached hydrogens (tertiary/aromatic N) is 1. The Kier molecular flexibility index (Phi) is 12.4. The van der Waals surface area contributed by atoms with Crippen molar-refractivity contribution in [1.82, 2.24) is 10.6 Å². The Bertz CT molecular complexity index is 786. The number of hydrogen-bond donors (Lipinski definition) is 2. The van der Waals surface area contributed by atoms with Crippen LogP contribution in [0, 0.1) is 0 Å². The lowest BCUT2D eigenvalue weighted by Gasteiger charge is -2.17. The van der Waals surface area contributed by atoms with Gasteiger partial charge in [-0.15, -0.1) is 0 Å². The number of aliphatic imine (C=N–C) groups is 1. The first-order chi connectivity index (χ1) is 16.0. The molecule has 1 amide bonds. The molecule has 0 aliphatic carbocycles. The minimum absolute atomic E-state index is 0.0118. The number of unbranched alkanes of at least 4 members (excludes halogenated alkanes) is 5. The van der Waals surface area contributed by atoms with Crippen LogP contribution < -0.4 is 10.6 Å². The van der Waals surface area contributed by atoms with Crippen molar-refractivity contribution in [2.75, 3.05) is 33.9 Å². The summed E-state index contributed by atoms with van der Waals surface area (Å²) in [5, 5.41) is 6.38. The van der Waals surface area contributed by atoms with Crippen molar-refractivity contribution in [2.45, 2.75) is 57.1 Å². The summed E-state index contributed by atoms with van der Waals surface area (Å²) in [5.74, 6) is -0.972. The first-order valence-electron chi connectivity index (χ1n) is 11.2. The molecule has 10 heteroatoms. The van der Waals surface area contributed by atoms with Gasteiger partial charge in [0.25, 0.3) is 11.9 Å². The molecule has 8 nitrogen and oxygen atoms in total. The maximum Gasteiger partial charge on any atom is 0.328 e. The highest BCUT2D eigenvalue weighted by Crippen LogP contribution is 2.24. The Morgan fingerprint density at radius 3 is 2.45 bits per heavy atom. The zero-order valence-corrected chi connectivity index (χ0v) is 20.7. The SMILES string of the molecule is COCC1CN=C(NCCCCCCCC[C@H](NC(=O)c2c(Cl)cccc2Cl)C(=O)OC)O1. The van der Waals surface area contributed by atoms with E-state index >= 15 is 0 Å². The molecule has 1 heterocycles. The standard InChI is InChI=1S/C23H33Cl2N3O5/c1-31-15-16-14-27-23(33-16)26-13-8-6-4-3-5-7-12-19(22(30)32-2)28-21(29)20-17(24)10-9-11-18(20)25/h9-11,16,19H,3-8,12-15H2,1-2H3,(H,26,27)(H,28,29)/t16?,19-/m0/s1. The number of ether oxygens (including phenoxy) is 3. The van der Waals surface area contributed by atoms with Crippen LogP contribution in [0.15, 0.2) is 23.2 Å². The van der Waals surface area contributed by atoms with Crippen LogP contribution in [0.5, 0.6) is 0 Å². The number of carbonyl (C=O) groups is 2. The summed E-state index contributed by atoms with van der Waals surface area (Å²) < 4.78 is 15.5. The van der Waals surface area contributed by atoms with E-state index < -0.39 is 17.9 Å². The number of nitrogens with one attached hydrogen (secondary N) is 2. The number of amidine groups is 1. The number of hydrogen-bond acceptors (Lipinski definition) is 7. The molecule has 1 aromatic carbocycles. The summed E-state index contributed by atoms with van der Waals surface area (Å²) in [6.45, 7) is 2.00. The summed E-state index contributed by atoms with van der Waals surface area (Å²) in [7, 11) is 2.95. The van der Waals surface area contributed by atoms with Gasteiger partial charge in [0.05, 0.1) is 35.9 Å². The van der Waals surface area contributed by atoms with Crippen molar-refractivity contribution in [1.29, 1.82) is 0 Å². The van der Waals surface area contributed by atoms with Crippen LogP contribution in [0.1, 0.15) is 55.3 Å². The summed E-state index contributed by atoms with van der Waals surface area (Å²) in [5.41, 5.74) is 0.159. The minimum Gasteiger partial charge on any atom is -0.467 e. The first kappa shape index (κ1) is 27.2. The Balaban J connectivity index is 1.61. The van der Waals surface area contributed by atoms with Crippen LogP contribution in [-0.4, -0.2) is 64.0 Å². The second kappa shape index (κ2) is 15.0. The summed E-state index contributed by atoms with van der Waals surface area (Å²) in [6, 6.07) is 4.68. The van der Waals surface area contributed by atoms with E-state index in [0.717, 1.165) is 45.1 Å². The van der Waals surface area contributed by atoms with Gasteiger partial charge in [0.1, 0.15) is 12.1 Å². The minimum atomic E-state index is -0.742. The fourth-order valence-corrected chi connectivity index (χ4v) is 4.07. The number of carbonyl (C=O) groups excluding carboxylic acids is 2. The molecule has 0 saturated carbocycles. The molecule has 0 fully saturated rings. The summed E-state index contributed by atoms with van der Waals surface area (Å²) >= 11 is 12.2. The van der Waals surface area contributed by atoms with Crippen LogP contribution in [0.2, 0.25) is 10.0 Å². The molecule has 0 bridgehead atoms. The van der Waals surface area contributed by atoms with E-state index in [4.69, 9.17) is 37.4 Å². The Morgan fingerprint density at radius 1 is 1.12 bits per heavy atom. The van der Waals surface area contributed by atoms with Gasteiger partial charge in [-0.25, -0.2) is 9.79 Å². The van der Waals surface area contributed by atoms with Gasteiger partial charge in [0.2, 0.25) is 0 Å². The summed E-state index contributed by atoms with van der Waals surface area (Å²) in [4.78, 5) is 29.0. The normalized spacial score (nSPS) is 16.0. The average Bonchev–Trinajstić information content (AvgIpc) is 3.24. The molecular weight excluding hydrogens is 469 g/mol. The lowest BCUT2D eigenvalue weighted by Crippen LogP contribution is -2.41. The third kappa shape index (κ3) is 9.39. The molecular formula is C23H33Cl2N3O5. The number of benzene rings is 1. The molecule has 2 N–H and O–H groups in total. The van der Waals surface area contributed by atoms with Gasteiger partial charge in [-0.05, 0) is 25.0 Å². The quantitative estimate of drug-likeness (QED) is 0.295. The smallest absolute Gasteiger partial charge is 0.328 e. The van der Waals surface area contributed by atoms with Gasteiger partial charge in [-0.2, -0.15) is 0 Å². The topological polar surface area (TPSA) is 98.2 Å². The largest absolute Gasteiger partial charge is 0.467 e. The van der Waals surface area contributed by atoms with E-state index in [9.17, 15) is 9.59 Å². The van der Waals surface area contributed by atoms with Crippen molar-refractivity contribution in [3.8, 4) is 0 Å². The van der Waals surface area contributed by atoms with Gasteiger partial charge in [-0.3, -0.25) is 4.79 Å². The van der Waals surface area contributed by atoms with E-state index in [1.165, 1.54) is 7.11 Å². The molecule has 1 unspecified atom stereocenters. The lowest BCUT2D eigenvalue weighted by molar-refractivity contribution is -0.143. The molecule has 1 aliphatic heterocycles. The van der Waals surface area contributed by atoms with Crippen LogP contribution in [0.3, 0.4) is 0 Å². The van der Waals surface area contributed by atoms with Crippen molar-refractivity contribution in [3.63, 3.8) is 0 Å². The van der Waals surface area contributed by atoms with E-state index in [2.05, 4.69) is 15.6 Å². The molecule has 0 spiro atoms. The summed E-state index contributed by atoms with van der Waals surface area (Å²) in [6.07, 6.45) is 6.50. The Hall–Kier alpha value is -2.03. The van der Waals surface area contributed by atoms with Gasteiger partial charge < -0.3 is 24.8 Å². The van der Waals surface area contributed by atoms with Gasteiger partial charge in [-0.1, -0.05) is 61.4 Å². The van der Waals surface area contributed by atoms with Crippen molar-refractivity contribution in [3.05, 3.63) is 33.8 Å². The molecule has 1 aromatic rings.